The van der Waals surface area contributed by atoms with Crippen molar-refractivity contribution in [1.29, 1.82) is 0 Å². The minimum atomic E-state index is -1.16. The van der Waals surface area contributed by atoms with Gasteiger partial charge in [-0.3, -0.25) is 4.79 Å². The van der Waals surface area contributed by atoms with Crippen LogP contribution in [0.3, 0.4) is 0 Å². The summed E-state index contributed by atoms with van der Waals surface area (Å²) in [5, 5.41) is 9.49. The van der Waals surface area contributed by atoms with Crippen LogP contribution in [0.1, 0.15) is 79.1 Å². The Balaban J connectivity index is 1.48. The molecule has 4 unspecified atom stereocenters. The fourth-order valence-electron chi connectivity index (χ4n) is 4.62. The summed E-state index contributed by atoms with van der Waals surface area (Å²) in [7, 11) is -1.16. The van der Waals surface area contributed by atoms with Crippen molar-refractivity contribution < 1.29 is 18.6 Å². The van der Waals surface area contributed by atoms with Crippen LogP contribution in [0.15, 0.2) is 0 Å². The molecule has 2 fully saturated rings. The van der Waals surface area contributed by atoms with E-state index in [0.29, 0.717) is 43.5 Å². The van der Waals surface area contributed by atoms with Crippen molar-refractivity contribution in [1.82, 2.24) is 20.6 Å². The molecule has 4 atom stereocenters. The zero-order chi connectivity index (χ0) is 26.3. The van der Waals surface area contributed by atoms with E-state index in [1.165, 1.54) is 0 Å². The van der Waals surface area contributed by atoms with Gasteiger partial charge in [-0.05, 0) is 53.4 Å². The van der Waals surface area contributed by atoms with Gasteiger partial charge in [-0.1, -0.05) is 19.3 Å². The molecule has 206 valence electrons. The molecule has 3 N–H and O–H groups in total. The quantitative estimate of drug-likeness (QED) is 0.0947. The van der Waals surface area contributed by atoms with E-state index >= 15 is 0 Å². The van der Waals surface area contributed by atoms with E-state index in [0.717, 1.165) is 57.2 Å². The molecular weight excluding hydrogens is 497 g/mol. The van der Waals surface area contributed by atoms with Crippen molar-refractivity contribution in [3.8, 4) is 0 Å². The topological polar surface area (TPSA) is 96.3 Å². The molecule has 2 aliphatic heterocycles. The molecule has 36 heavy (non-hydrogen) atoms. The lowest BCUT2D eigenvalue weighted by Gasteiger charge is -2.35. The first-order chi connectivity index (χ1) is 17.3. The second kappa shape index (κ2) is 17.4. The molecule has 0 aromatic rings. The Labute approximate surface area is 223 Å². The predicted octanol–water partition coefficient (Wildman–Crippen LogP) is 4.69. The Morgan fingerprint density at radius 1 is 1.11 bits per heavy atom. The molecule has 2 saturated heterocycles. The van der Waals surface area contributed by atoms with Gasteiger partial charge in [0.05, 0.1) is 18.7 Å². The van der Waals surface area contributed by atoms with E-state index in [4.69, 9.17) is 15.6 Å². The Hall–Kier alpha value is -1.11. The molecule has 2 heterocycles. The molecule has 0 radical (unpaired) electrons. The average molecular weight is 544 g/mol. The number of nitrogens with zero attached hydrogens (tertiary/aromatic N) is 2. The summed E-state index contributed by atoms with van der Waals surface area (Å²) in [6.45, 7) is 17.7. The van der Waals surface area contributed by atoms with Gasteiger partial charge in [0, 0.05) is 36.1 Å². The van der Waals surface area contributed by atoms with Gasteiger partial charge in [0.1, 0.15) is 6.61 Å². The number of urea groups is 1. The van der Waals surface area contributed by atoms with Gasteiger partial charge in [0.25, 0.3) is 8.53 Å². The fourth-order valence-corrected chi connectivity index (χ4v) is 7.78. The summed E-state index contributed by atoms with van der Waals surface area (Å²) in [5.74, 6) is 1.11. The molecule has 0 aliphatic carbocycles. The van der Waals surface area contributed by atoms with E-state index < -0.39 is 8.53 Å². The van der Waals surface area contributed by atoms with E-state index in [1.54, 1.807) is 0 Å². The summed E-state index contributed by atoms with van der Waals surface area (Å²) < 4.78 is 14.3. The lowest BCUT2D eigenvalue weighted by atomic mass is 10.0. The van der Waals surface area contributed by atoms with Gasteiger partial charge in [0.2, 0.25) is 12.5 Å². The molecule has 11 heteroatoms. The number of rotatable bonds is 19. The number of hydrogen-bond acceptors (Lipinski definition) is 6. The number of unbranched alkanes of at least 4 members (excludes halogenated alkanes) is 4. The highest BCUT2D eigenvalue weighted by Crippen LogP contribution is 2.45. The number of carbonyl (C=O) groups excluding carboxylic acids is 2. The van der Waals surface area contributed by atoms with Crippen molar-refractivity contribution >= 4 is 32.2 Å². The standard InChI is InChI=1S/C25H46N5O4PS/c1-19(2)30(20(3)4)35(34-17-15-26-5)33-16-11-7-6-10-14-27-23(31)13-9-8-12-22-24-21(18-36-22)28-25(32)29-24/h19-22,24H,6-18H2,1-4H3,(H,27,31)(H2,28,29,32). The zero-order valence-corrected chi connectivity index (χ0v) is 24.2. The molecule has 9 nitrogen and oxygen atoms in total. The van der Waals surface area contributed by atoms with E-state index in [9.17, 15) is 9.59 Å². The molecular formula is C25H46N5O4PS. The van der Waals surface area contributed by atoms with Crippen molar-refractivity contribution in [2.24, 2.45) is 0 Å². The second-order valence-corrected chi connectivity index (χ2v) is 12.7. The van der Waals surface area contributed by atoms with E-state index in [2.05, 4.69) is 53.2 Å². The third-order valence-electron chi connectivity index (χ3n) is 6.33. The molecule has 0 bridgehead atoms. The average Bonchev–Trinajstić information content (AvgIpc) is 3.37. The minimum absolute atomic E-state index is 0.0434. The Morgan fingerprint density at radius 3 is 2.56 bits per heavy atom. The number of thioether (sulfide) groups is 1. The van der Waals surface area contributed by atoms with Gasteiger partial charge in [-0.2, -0.15) is 11.8 Å². The smallest absolute Gasteiger partial charge is 0.315 e. The van der Waals surface area contributed by atoms with Crippen LogP contribution in [0.5, 0.6) is 0 Å². The first-order valence-electron chi connectivity index (χ1n) is 13.5. The van der Waals surface area contributed by atoms with Crippen molar-refractivity contribution in [3.05, 3.63) is 11.4 Å². The monoisotopic (exact) mass is 543 g/mol. The van der Waals surface area contributed by atoms with Gasteiger partial charge in [-0.25, -0.2) is 16.0 Å². The number of amides is 3. The van der Waals surface area contributed by atoms with E-state index in [-0.39, 0.29) is 24.0 Å². The maximum absolute atomic E-state index is 12.1. The summed E-state index contributed by atoms with van der Waals surface area (Å²) in [6, 6.07) is 1.10. The summed E-state index contributed by atoms with van der Waals surface area (Å²) in [6.07, 6.45) is 7.56. The molecule has 3 amide bonds. The lowest BCUT2D eigenvalue weighted by Crippen LogP contribution is -2.36. The Morgan fingerprint density at radius 2 is 1.83 bits per heavy atom. The van der Waals surface area contributed by atoms with Crippen molar-refractivity contribution in [3.63, 3.8) is 0 Å². The highest BCUT2D eigenvalue weighted by atomic mass is 32.2. The first kappa shape index (κ1) is 31.1. The number of carbonyl (C=O) groups is 2. The van der Waals surface area contributed by atoms with Crippen LogP contribution >= 0.6 is 20.3 Å². The molecule has 0 saturated carbocycles. The zero-order valence-electron chi connectivity index (χ0n) is 22.5. The largest absolute Gasteiger partial charge is 0.356 e. The molecule has 2 rings (SSSR count). The van der Waals surface area contributed by atoms with Crippen molar-refractivity contribution in [2.45, 2.75) is 108 Å². The maximum atomic E-state index is 12.1. The maximum Gasteiger partial charge on any atom is 0.315 e. The summed E-state index contributed by atoms with van der Waals surface area (Å²) in [5.41, 5.74) is 0. The van der Waals surface area contributed by atoms with Crippen LogP contribution in [0.25, 0.3) is 4.85 Å². The fraction of sp³-hybridized carbons (Fsp3) is 0.880. The highest BCUT2D eigenvalue weighted by Gasteiger charge is 2.42. The van der Waals surface area contributed by atoms with Gasteiger partial charge >= 0.3 is 6.03 Å². The normalized spacial score (nSPS) is 21.9. The molecule has 2 aliphatic rings. The SMILES string of the molecule is [C-]#[N+]CCOP(OCCCCCCNC(=O)CCCCC1SCC2NC(=O)NC21)N(C(C)C)C(C)C. The molecule has 0 spiro atoms. The number of fused-ring (bicyclic) bond motifs is 1. The van der Waals surface area contributed by atoms with Gasteiger partial charge in [-0.15, -0.1) is 0 Å². The number of nitrogens with one attached hydrogen (secondary N) is 3. The van der Waals surface area contributed by atoms with Crippen LogP contribution < -0.4 is 16.0 Å². The second-order valence-electron chi connectivity index (χ2n) is 9.99. The highest BCUT2D eigenvalue weighted by molar-refractivity contribution is 8.00. The Kier molecular flexibility index (Phi) is 15.0. The predicted molar refractivity (Wildman–Crippen MR) is 148 cm³/mol. The van der Waals surface area contributed by atoms with E-state index in [1.807, 2.05) is 11.8 Å². The molecule has 0 aromatic heterocycles. The minimum Gasteiger partial charge on any atom is -0.356 e. The third-order valence-corrected chi connectivity index (χ3v) is 9.94. The van der Waals surface area contributed by atoms with Crippen LogP contribution in [-0.2, 0) is 13.8 Å². The third kappa shape index (κ3) is 11.1. The Bertz CT molecular complexity index is 700. The summed E-state index contributed by atoms with van der Waals surface area (Å²) in [4.78, 5) is 26.9. The van der Waals surface area contributed by atoms with Crippen LogP contribution in [0.4, 0.5) is 4.79 Å². The van der Waals surface area contributed by atoms with Crippen LogP contribution in [0.2, 0.25) is 0 Å². The van der Waals surface area contributed by atoms with Crippen LogP contribution in [0, 0.1) is 6.57 Å². The van der Waals surface area contributed by atoms with Crippen molar-refractivity contribution in [2.75, 3.05) is 32.1 Å². The summed E-state index contributed by atoms with van der Waals surface area (Å²) >= 11 is 1.92. The number of hydrogen-bond donors (Lipinski definition) is 3. The first-order valence-corrected chi connectivity index (χ1v) is 15.6. The van der Waals surface area contributed by atoms with Crippen LogP contribution in [-0.4, -0.2) is 78.1 Å². The van der Waals surface area contributed by atoms with Gasteiger partial charge < -0.3 is 29.8 Å². The van der Waals surface area contributed by atoms with Gasteiger partial charge in [0.15, 0.2) is 0 Å². The molecule has 0 aromatic carbocycles. The lowest BCUT2D eigenvalue weighted by molar-refractivity contribution is -0.121.